The Bertz CT molecular complexity index is 326. The average molecular weight is 253 g/mol. The highest BCUT2D eigenvalue weighted by Crippen LogP contribution is 2.34. The number of rotatable bonds is 6. The van der Waals surface area contributed by atoms with Crippen LogP contribution in [-0.4, -0.2) is 61.4 Å². The molecule has 2 aliphatic rings. The highest BCUT2D eigenvalue weighted by Gasteiger charge is 2.42. The number of carbonyl (C=O) groups is 2. The lowest BCUT2D eigenvalue weighted by molar-refractivity contribution is -0.144. The molecule has 2 rings (SSSR count). The summed E-state index contributed by atoms with van der Waals surface area (Å²) < 4.78 is 0. The molecule has 1 N–H and O–H groups in total. The van der Waals surface area contributed by atoms with Crippen LogP contribution in [0.25, 0.3) is 0 Å². The molecule has 2 fully saturated rings. The summed E-state index contributed by atoms with van der Waals surface area (Å²) in [4.78, 5) is 27.6. The molecule has 0 radical (unpaired) electrons. The summed E-state index contributed by atoms with van der Waals surface area (Å²) in [6.07, 6.45) is 4.18. The van der Waals surface area contributed by atoms with Gasteiger partial charge in [-0.15, -0.1) is 0 Å². The van der Waals surface area contributed by atoms with Crippen LogP contribution in [0.3, 0.4) is 0 Å². The summed E-state index contributed by atoms with van der Waals surface area (Å²) in [5, 5.41) is 2.83. The van der Waals surface area contributed by atoms with E-state index in [2.05, 4.69) is 10.2 Å². The summed E-state index contributed by atoms with van der Waals surface area (Å²) in [6.45, 7) is 1.98. The second kappa shape index (κ2) is 5.69. The minimum Gasteiger partial charge on any atom is -0.342 e. The lowest BCUT2D eigenvalue weighted by Gasteiger charge is -2.32. The van der Waals surface area contributed by atoms with Gasteiger partial charge in [0.2, 0.25) is 11.8 Å². The van der Waals surface area contributed by atoms with E-state index in [0.29, 0.717) is 12.5 Å². The molecule has 5 nitrogen and oxygen atoms in total. The molecule has 1 aliphatic heterocycles. The van der Waals surface area contributed by atoms with Crippen LogP contribution in [0.1, 0.15) is 25.7 Å². The molecule has 1 saturated carbocycles. The highest BCUT2D eigenvalue weighted by molar-refractivity contribution is 5.95. The fraction of sp³-hybridized carbons (Fsp3) is 0.846. The summed E-state index contributed by atoms with van der Waals surface area (Å²) in [5.74, 6) is 0.520. The van der Waals surface area contributed by atoms with Crippen molar-refractivity contribution >= 4 is 11.8 Å². The maximum atomic E-state index is 12.2. The van der Waals surface area contributed by atoms with Gasteiger partial charge >= 0.3 is 0 Å². The molecule has 18 heavy (non-hydrogen) atoms. The summed E-state index contributed by atoms with van der Waals surface area (Å²) in [6, 6.07) is -0.236. The molecule has 1 aliphatic carbocycles. The molecule has 0 bridgehead atoms. The van der Waals surface area contributed by atoms with Gasteiger partial charge in [-0.25, -0.2) is 0 Å². The van der Waals surface area contributed by atoms with Gasteiger partial charge in [-0.1, -0.05) is 0 Å². The third-order valence-electron chi connectivity index (χ3n) is 3.61. The van der Waals surface area contributed by atoms with E-state index in [-0.39, 0.29) is 24.4 Å². The quantitative estimate of drug-likeness (QED) is 0.681. The maximum absolute atomic E-state index is 12.2. The van der Waals surface area contributed by atoms with Crippen LogP contribution in [0.4, 0.5) is 0 Å². The molecule has 0 aromatic rings. The van der Waals surface area contributed by atoms with Gasteiger partial charge in [-0.2, -0.15) is 0 Å². The largest absolute Gasteiger partial charge is 0.342 e. The van der Waals surface area contributed by atoms with E-state index in [1.165, 1.54) is 0 Å². The number of hydrogen-bond donors (Lipinski definition) is 1. The van der Waals surface area contributed by atoms with E-state index >= 15 is 0 Å². The zero-order valence-corrected chi connectivity index (χ0v) is 11.3. The predicted octanol–water partition coefficient (Wildman–Crippen LogP) is 0.0652. The van der Waals surface area contributed by atoms with Crippen LogP contribution in [0.15, 0.2) is 0 Å². The van der Waals surface area contributed by atoms with E-state index < -0.39 is 0 Å². The van der Waals surface area contributed by atoms with Gasteiger partial charge in [-0.3, -0.25) is 9.59 Å². The normalized spacial score (nSPS) is 24.6. The van der Waals surface area contributed by atoms with Crippen LogP contribution in [-0.2, 0) is 9.59 Å². The number of nitrogens with zero attached hydrogens (tertiary/aromatic N) is 2. The smallest absolute Gasteiger partial charge is 0.245 e. The second-order valence-electron chi connectivity index (χ2n) is 5.65. The van der Waals surface area contributed by atoms with E-state index in [1.54, 1.807) is 4.90 Å². The van der Waals surface area contributed by atoms with Crippen LogP contribution >= 0.6 is 0 Å². The first kappa shape index (κ1) is 13.3. The van der Waals surface area contributed by atoms with Gasteiger partial charge in [0, 0.05) is 6.54 Å². The van der Waals surface area contributed by atoms with Crippen molar-refractivity contribution in [1.82, 2.24) is 15.1 Å². The van der Waals surface area contributed by atoms with Crippen molar-refractivity contribution in [3.8, 4) is 0 Å². The Morgan fingerprint density at radius 1 is 1.28 bits per heavy atom. The Kier molecular flexibility index (Phi) is 4.22. The maximum Gasteiger partial charge on any atom is 0.245 e. The van der Waals surface area contributed by atoms with Gasteiger partial charge in [-0.05, 0) is 52.2 Å². The molecule has 1 saturated heterocycles. The Morgan fingerprint density at radius 3 is 2.61 bits per heavy atom. The molecule has 0 spiro atoms. The monoisotopic (exact) mass is 253 g/mol. The van der Waals surface area contributed by atoms with Gasteiger partial charge in [0.25, 0.3) is 0 Å². The first-order chi connectivity index (χ1) is 8.58. The number of hydrogen-bond acceptors (Lipinski definition) is 3. The van der Waals surface area contributed by atoms with Crippen LogP contribution < -0.4 is 5.32 Å². The number of nitrogens with one attached hydrogen (secondary N) is 1. The lowest BCUT2D eigenvalue weighted by atomic mass is 10.1. The molecular formula is C13H23N3O2. The molecule has 5 heteroatoms. The third kappa shape index (κ3) is 3.45. The first-order valence-corrected chi connectivity index (χ1v) is 6.81. The Morgan fingerprint density at radius 2 is 2.00 bits per heavy atom. The molecule has 1 heterocycles. The fourth-order valence-electron chi connectivity index (χ4n) is 2.40. The van der Waals surface area contributed by atoms with Crippen LogP contribution in [0.5, 0.6) is 0 Å². The summed E-state index contributed by atoms with van der Waals surface area (Å²) in [5.41, 5.74) is 0. The molecular weight excluding hydrogens is 230 g/mol. The van der Waals surface area contributed by atoms with Crippen LogP contribution in [0.2, 0.25) is 0 Å². The highest BCUT2D eigenvalue weighted by atomic mass is 16.2. The van der Waals surface area contributed by atoms with Crippen LogP contribution in [0, 0.1) is 5.92 Å². The topological polar surface area (TPSA) is 52.6 Å². The van der Waals surface area contributed by atoms with E-state index in [0.717, 1.165) is 32.2 Å². The first-order valence-electron chi connectivity index (χ1n) is 6.81. The van der Waals surface area contributed by atoms with Gasteiger partial charge < -0.3 is 15.1 Å². The van der Waals surface area contributed by atoms with Gasteiger partial charge in [0.15, 0.2) is 0 Å². The van der Waals surface area contributed by atoms with E-state index in [1.807, 2.05) is 14.1 Å². The third-order valence-corrected chi connectivity index (χ3v) is 3.61. The van der Waals surface area contributed by atoms with Crippen molar-refractivity contribution < 1.29 is 9.59 Å². The van der Waals surface area contributed by atoms with Crippen molar-refractivity contribution in [2.24, 2.45) is 5.92 Å². The SMILES string of the molecule is CN(C)CCCCN1CC(=O)NC(C2CC2)C1=O. The minimum absolute atomic E-state index is 0.000824. The van der Waals surface area contributed by atoms with Crippen molar-refractivity contribution in [2.45, 2.75) is 31.7 Å². The predicted molar refractivity (Wildman–Crippen MR) is 69.0 cm³/mol. The number of amides is 2. The van der Waals surface area contributed by atoms with Crippen molar-refractivity contribution in [3.63, 3.8) is 0 Å². The van der Waals surface area contributed by atoms with Crippen molar-refractivity contribution in [3.05, 3.63) is 0 Å². The minimum atomic E-state index is -0.236. The van der Waals surface area contributed by atoms with Gasteiger partial charge in [0.1, 0.15) is 6.04 Å². The molecule has 2 amide bonds. The van der Waals surface area contributed by atoms with E-state index in [9.17, 15) is 9.59 Å². The summed E-state index contributed by atoms with van der Waals surface area (Å²) in [7, 11) is 4.09. The van der Waals surface area contributed by atoms with Crippen molar-refractivity contribution in [2.75, 3.05) is 33.7 Å². The number of piperazine rings is 1. The molecule has 1 atom stereocenters. The molecule has 1 unspecified atom stereocenters. The Balaban J connectivity index is 1.79. The average Bonchev–Trinajstić information content (AvgIpc) is 3.12. The van der Waals surface area contributed by atoms with Crippen molar-refractivity contribution in [1.29, 1.82) is 0 Å². The zero-order valence-electron chi connectivity index (χ0n) is 11.3. The molecule has 0 aromatic carbocycles. The second-order valence-corrected chi connectivity index (χ2v) is 5.65. The Hall–Kier alpha value is -1.10. The lowest BCUT2D eigenvalue weighted by Crippen LogP contribution is -2.58. The number of carbonyl (C=O) groups excluding carboxylic acids is 2. The fourth-order valence-corrected chi connectivity index (χ4v) is 2.40. The standard InChI is InChI=1S/C13H23N3O2/c1-15(2)7-3-4-8-16-9-11(17)14-12(13(16)18)10-5-6-10/h10,12H,3-9H2,1-2H3,(H,14,17). The zero-order chi connectivity index (χ0) is 13.1. The van der Waals surface area contributed by atoms with E-state index in [4.69, 9.17) is 0 Å². The Labute approximate surface area is 108 Å². The van der Waals surface area contributed by atoms with Gasteiger partial charge in [0.05, 0.1) is 6.54 Å². The molecule has 102 valence electrons. The summed E-state index contributed by atoms with van der Waals surface area (Å²) >= 11 is 0. The molecule has 0 aromatic heterocycles. The number of unbranched alkanes of at least 4 members (excludes halogenated alkanes) is 1.